The van der Waals surface area contributed by atoms with E-state index < -0.39 is 0 Å². The first-order chi connectivity index (χ1) is 8.63. The highest BCUT2D eigenvalue weighted by Crippen LogP contribution is 2.34. The quantitative estimate of drug-likeness (QED) is 0.805. The van der Waals surface area contributed by atoms with Crippen LogP contribution in [0.1, 0.15) is 31.7 Å². The number of nitrogens with zero attached hydrogens (tertiary/aromatic N) is 1. The lowest BCUT2D eigenvalue weighted by molar-refractivity contribution is 0.257. The predicted octanol–water partition coefficient (Wildman–Crippen LogP) is 2.74. The van der Waals surface area contributed by atoms with E-state index in [1.807, 2.05) is 19.1 Å². The number of rotatable bonds is 3. The van der Waals surface area contributed by atoms with Gasteiger partial charge in [0.2, 0.25) is 0 Å². The van der Waals surface area contributed by atoms with E-state index in [1.165, 1.54) is 19.3 Å². The molecule has 3 rings (SSSR count). The monoisotopic (exact) mass is 246 g/mol. The predicted molar refractivity (Wildman–Crippen MR) is 74.1 cm³/mol. The van der Waals surface area contributed by atoms with Crippen molar-refractivity contribution < 1.29 is 5.11 Å². The smallest absolute Gasteiger partial charge is 0.115 e. The average molecular weight is 246 g/mol. The van der Waals surface area contributed by atoms with Gasteiger partial charge in [-0.05, 0) is 56.9 Å². The summed E-state index contributed by atoms with van der Waals surface area (Å²) >= 11 is 0. The van der Waals surface area contributed by atoms with Crippen molar-refractivity contribution in [3.05, 3.63) is 23.8 Å². The van der Waals surface area contributed by atoms with E-state index in [4.69, 9.17) is 0 Å². The molecule has 1 aliphatic carbocycles. The zero-order valence-electron chi connectivity index (χ0n) is 11.2. The van der Waals surface area contributed by atoms with Crippen LogP contribution in [0.2, 0.25) is 0 Å². The van der Waals surface area contributed by atoms with Gasteiger partial charge in [-0.15, -0.1) is 0 Å². The summed E-state index contributed by atoms with van der Waals surface area (Å²) in [6.45, 7) is 5.54. The number of aryl methyl sites for hydroxylation is 1. The molecule has 0 radical (unpaired) electrons. The van der Waals surface area contributed by atoms with Crippen LogP contribution in [0.15, 0.2) is 18.2 Å². The van der Waals surface area contributed by atoms with Crippen molar-refractivity contribution in [3.63, 3.8) is 0 Å². The second-order valence-corrected chi connectivity index (χ2v) is 5.85. The Kier molecular flexibility index (Phi) is 2.94. The van der Waals surface area contributed by atoms with Gasteiger partial charge in [0, 0.05) is 30.4 Å². The standard InChI is InChI=1S/C15H22N2O/c1-10-7-14(18)5-6-15(10)16-12-8-11(2)17(9-12)13-3-4-13/h5-7,11-13,16,18H,3-4,8-9H2,1-2H3. The first kappa shape index (κ1) is 11.8. The number of hydrogen-bond donors (Lipinski definition) is 2. The van der Waals surface area contributed by atoms with Gasteiger partial charge in [-0.2, -0.15) is 0 Å². The number of aromatic hydroxyl groups is 1. The molecule has 0 aromatic heterocycles. The van der Waals surface area contributed by atoms with E-state index >= 15 is 0 Å². The molecule has 0 spiro atoms. The first-order valence-corrected chi connectivity index (χ1v) is 6.95. The molecule has 1 aromatic carbocycles. The lowest BCUT2D eigenvalue weighted by Crippen LogP contribution is -2.31. The zero-order chi connectivity index (χ0) is 12.7. The van der Waals surface area contributed by atoms with Crippen LogP contribution in [0.25, 0.3) is 0 Å². The molecule has 98 valence electrons. The van der Waals surface area contributed by atoms with Crippen LogP contribution in [-0.2, 0) is 0 Å². The molecule has 1 saturated heterocycles. The highest BCUT2D eigenvalue weighted by Gasteiger charge is 2.38. The fourth-order valence-electron chi connectivity index (χ4n) is 3.11. The van der Waals surface area contributed by atoms with Crippen molar-refractivity contribution in [2.75, 3.05) is 11.9 Å². The summed E-state index contributed by atoms with van der Waals surface area (Å²) in [5, 5.41) is 13.1. The second kappa shape index (κ2) is 4.47. The summed E-state index contributed by atoms with van der Waals surface area (Å²) in [6, 6.07) is 7.66. The van der Waals surface area contributed by atoms with Crippen LogP contribution in [0.3, 0.4) is 0 Å². The molecule has 1 aromatic rings. The van der Waals surface area contributed by atoms with Crippen molar-refractivity contribution in [2.45, 2.75) is 51.2 Å². The molecule has 2 unspecified atom stereocenters. The van der Waals surface area contributed by atoms with Gasteiger partial charge in [0.25, 0.3) is 0 Å². The van der Waals surface area contributed by atoms with E-state index in [0.29, 0.717) is 17.8 Å². The molecule has 2 N–H and O–H groups in total. The van der Waals surface area contributed by atoms with Crippen molar-refractivity contribution in [2.24, 2.45) is 0 Å². The van der Waals surface area contributed by atoms with Crippen LogP contribution < -0.4 is 5.32 Å². The Bertz CT molecular complexity index is 442. The summed E-state index contributed by atoms with van der Waals surface area (Å²) in [6.07, 6.45) is 3.99. The SMILES string of the molecule is Cc1cc(O)ccc1NC1CC(C)N(C2CC2)C1. The maximum atomic E-state index is 9.43. The van der Waals surface area contributed by atoms with Crippen LogP contribution in [0, 0.1) is 6.92 Å². The number of phenols is 1. The Morgan fingerprint density at radius 3 is 2.78 bits per heavy atom. The van der Waals surface area contributed by atoms with Gasteiger partial charge in [-0.1, -0.05) is 0 Å². The molecule has 2 atom stereocenters. The topological polar surface area (TPSA) is 35.5 Å². The summed E-state index contributed by atoms with van der Waals surface area (Å²) in [7, 11) is 0. The van der Waals surface area contributed by atoms with Gasteiger partial charge in [0.1, 0.15) is 5.75 Å². The number of likely N-dealkylation sites (tertiary alicyclic amines) is 1. The Balaban J connectivity index is 1.66. The molecule has 0 amide bonds. The van der Waals surface area contributed by atoms with Gasteiger partial charge in [-0.3, -0.25) is 4.90 Å². The molecular weight excluding hydrogens is 224 g/mol. The van der Waals surface area contributed by atoms with Crippen molar-refractivity contribution >= 4 is 5.69 Å². The summed E-state index contributed by atoms with van der Waals surface area (Å²) in [5.74, 6) is 0.345. The van der Waals surface area contributed by atoms with Crippen LogP contribution in [-0.4, -0.2) is 34.7 Å². The lowest BCUT2D eigenvalue weighted by Gasteiger charge is -2.20. The molecule has 0 bridgehead atoms. The molecule has 1 heterocycles. The number of nitrogens with one attached hydrogen (secondary N) is 1. The normalized spacial score (nSPS) is 28.6. The van der Waals surface area contributed by atoms with Gasteiger partial charge in [-0.25, -0.2) is 0 Å². The fraction of sp³-hybridized carbons (Fsp3) is 0.600. The third-order valence-corrected chi connectivity index (χ3v) is 4.21. The van der Waals surface area contributed by atoms with E-state index in [2.05, 4.69) is 17.1 Å². The van der Waals surface area contributed by atoms with Crippen LogP contribution in [0.5, 0.6) is 5.75 Å². The Morgan fingerprint density at radius 2 is 2.11 bits per heavy atom. The fourth-order valence-corrected chi connectivity index (χ4v) is 3.11. The highest BCUT2D eigenvalue weighted by molar-refractivity contribution is 5.54. The van der Waals surface area contributed by atoms with Crippen molar-refractivity contribution in [1.29, 1.82) is 0 Å². The molecule has 1 aliphatic heterocycles. The van der Waals surface area contributed by atoms with Gasteiger partial charge < -0.3 is 10.4 Å². The molecule has 1 saturated carbocycles. The maximum Gasteiger partial charge on any atom is 0.115 e. The van der Waals surface area contributed by atoms with Crippen molar-refractivity contribution in [3.8, 4) is 5.75 Å². The average Bonchev–Trinajstić information content (AvgIpc) is 3.08. The molecular formula is C15H22N2O. The molecule has 2 aliphatic rings. The number of phenolic OH excluding ortho intramolecular Hbond substituents is 1. The highest BCUT2D eigenvalue weighted by atomic mass is 16.3. The summed E-state index contributed by atoms with van der Waals surface area (Å²) in [4.78, 5) is 2.65. The molecule has 3 heteroatoms. The number of anilines is 1. The lowest BCUT2D eigenvalue weighted by atomic mass is 10.1. The second-order valence-electron chi connectivity index (χ2n) is 5.85. The Labute approximate surface area is 109 Å². The van der Waals surface area contributed by atoms with E-state index in [9.17, 15) is 5.11 Å². The third kappa shape index (κ3) is 2.32. The largest absolute Gasteiger partial charge is 0.508 e. The van der Waals surface area contributed by atoms with E-state index in [0.717, 1.165) is 23.8 Å². The number of hydrogen-bond acceptors (Lipinski definition) is 3. The van der Waals surface area contributed by atoms with Crippen molar-refractivity contribution in [1.82, 2.24) is 4.90 Å². The summed E-state index contributed by atoms with van der Waals surface area (Å²) < 4.78 is 0. The Hall–Kier alpha value is -1.22. The zero-order valence-corrected chi connectivity index (χ0v) is 11.2. The minimum atomic E-state index is 0.345. The molecule has 3 nitrogen and oxygen atoms in total. The minimum absolute atomic E-state index is 0.345. The van der Waals surface area contributed by atoms with Gasteiger partial charge in [0.05, 0.1) is 0 Å². The maximum absolute atomic E-state index is 9.43. The van der Waals surface area contributed by atoms with Gasteiger partial charge in [0.15, 0.2) is 0 Å². The third-order valence-electron chi connectivity index (χ3n) is 4.21. The van der Waals surface area contributed by atoms with E-state index in [-0.39, 0.29) is 0 Å². The van der Waals surface area contributed by atoms with Crippen LogP contribution in [0.4, 0.5) is 5.69 Å². The van der Waals surface area contributed by atoms with Crippen LogP contribution >= 0.6 is 0 Å². The minimum Gasteiger partial charge on any atom is -0.508 e. The Morgan fingerprint density at radius 1 is 1.33 bits per heavy atom. The van der Waals surface area contributed by atoms with E-state index in [1.54, 1.807) is 6.07 Å². The molecule has 18 heavy (non-hydrogen) atoms. The number of benzene rings is 1. The molecule has 2 fully saturated rings. The summed E-state index contributed by atoms with van der Waals surface area (Å²) in [5.41, 5.74) is 2.27. The first-order valence-electron chi connectivity index (χ1n) is 6.95. The van der Waals surface area contributed by atoms with Gasteiger partial charge >= 0.3 is 0 Å².